The van der Waals surface area contributed by atoms with Crippen molar-refractivity contribution in [2.24, 2.45) is 0 Å². The predicted molar refractivity (Wildman–Crippen MR) is 115 cm³/mol. The number of hydrogen-bond donors (Lipinski definition) is 0. The number of aromatic nitrogens is 3. The third kappa shape index (κ3) is 3.60. The van der Waals surface area contributed by atoms with E-state index in [1.807, 2.05) is 42.6 Å². The highest BCUT2D eigenvalue weighted by Gasteiger charge is 2.25. The normalized spacial score (nSPS) is 14.5. The number of benzene rings is 2. The van der Waals surface area contributed by atoms with Crippen molar-refractivity contribution in [3.63, 3.8) is 0 Å². The van der Waals surface area contributed by atoms with Gasteiger partial charge in [-0.2, -0.15) is 0 Å². The predicted octanol–water partition coefficient (Wildman–Crippen LogP) is 6.29. The van der Waals surface area contributed by atoms with Crippen LogP contribution in [0.5, 0.6) is 5.75 Å². The Morgan fingerprint density at radius 3 is 2.69 bits per heavy atom. The molecule has 1 aliphatic carbocycles. The summed E-state index contributed by atoms with van der Waals surface area (Å²) in [5.41, 5.74) is 3.87. The van der Waals surface area contributed by atoms with Gasteiger partial charge in [0.1, 0.15) is 23.7 Å². The van der Waals surface area contributed by atoms with Gasteiger partial charge in [-0.25, -0.2) is 9.97 Å². The van der Waals surface area contributed by atoms with E-state index in [0.717, 1.165) is 33.9 Å². The Morgan fingerprint density at radius 1 is 1.03 bits per heavy atom. The summed E-state index contributed by atoms with van der Waals surface area (Å²) in [5, 5.41) is 0.481. The van der Waals surface area contributed by atoms with Crippen molar-refractivity contribution in [3.8, 4) is 17.0 Å². The van der Waals surface area contributed by atoms with Crippen molar-refractivity contribution >= 4 is 17.1 Å². The zero-order valence-electron chi connectivity index (χ0n) is 16.1. The lowest BCUT2D eigenvalue weighted by atomic mass is 10.1. The Balaban J connectivity index is 1.52. The van der Waals surface area contributed by atoms with Crippen LogP contribution in [0.4, 0.5) is 0 Å². The zero-order valence-corrected chi connectivity index (χ0v) is 16.8. The molecule has 0 saturated heterocycles. The number of fused-ring (bicyclic) bond motifs is 1. The highest BCUT2D eigenvalue weighted by molar-refractivity contribution is 6.33. The fraction of sp³-hybridized carbons (Fsp3) is 0.250. The Morgan fingerprint density at radius 2 is 1.86 bits per heavy atom. The molecule has 0 N–H and O–H groups in total. The summed E-state index contributed by atoms with van der Waals surface area (Å²) in [5.74, 6) is 2.38. The molecule has 4 nitrogen and oxygen atoms in total. The van der Waals surface area contributed by atoms with E-state index in [1.165, 1.54) is 25.7 Å². The molecule has 0 aliphatic heterocycles. The number of hydrogen-bond acceptors (Lipinski definition) is 3. The van der Waals surface area contributed by atoms with Crippen LogP contribution in [0.3, 0.4) is 0 Å². The Bertz CT molecular complexity index is 1130. The number of nitrogens with zero attached hydrogens (tertiary/aromatic N) is 3. The molecule has 29 heavy (non-hydrogen) atoms. The van der Waals surface area contributed by atoms with Crippen molar-refractivity contribution in [2.45, 2.75) is 38.2 Å². The maximum atomic E-state index is 6.51. The van der Waals surface area contributed by atoms with E-state index in [9.17, 15) is 0 Å². The van der Waals surface area contributed by atoms with Crippen LogP contribution in [0.15, 0.2) is 67.0 Å². The first-order valence-electron chi connectivity index (χ1n) is 10.1. The van der Waals surface area contributed by atoms with Gasteiger partial charge in [0, 0.05) is 23.9 Å². The van der Waals surface area contributed by atoms with E-state index >= 15 is 0 Å². The van der Waals surface area contributed by atoms with Crippen molar-refractivity contribution < 1.29 is 4.74 Å². The maximum absolute atomic E-state index is 6.51. The van der Waals surface area contributed by atoms with Gasteiger partial charge >= 0.3 is 0 Å². The average Bonchev–Trinajstić information content (AvgIpc) is 3.42. The summed E-state index contributed by atoms with van der Waals surface area (Å²) in [4.78, 5) is 9.35. The molecule has 1 aliphatic rings. The number of ether oxygens (including phenoxy) is 1. The topological polar surface area (TPSA) is 39.4 Å². The van der Waals surface area contributed by atoms with Crippen molar-refractivity contribution in [3.05, 3.63) is 83.5 Å². The summed E-state index contributed by atoms with van der Waals surface area (Å²) in [6.45, 7) is 0.532. The summed E-state index contributed by atoms with van der Waals surface area (Å²) >= 11 is 6.51. The summed E-state index contributed by atoms with van der Waals surface area (Å²) in [7, 11) is 0. The molecule has 2 heterocycles. The van der Waals surface area contributed by atoms with E-state index < -0.39 is 0 Å². The second-order valence-corrected chi connectivity index (χ2v) is 7.90. The molecule has 0 atom stereocenters. The van der Waals surface area contributed by atoms with Crippen LogP contribution < -0.4 is 4.74 Å². The quantitative estimate of drug-likeness (QED) is 0.393. The first-order chi connectivity index (χ1) is 14.3. The standard InChI is InChI=1S/C24H22ClN3O/c25-23-22-21(27-24(18-9-4-5-10-18)28(22)14-13-26-23)19-11-6-12-20(15-19)29-16-17-7-2-1-3-8-17/h1-3,6-8,11-15,18H,4-5,9-10,16H2. The molecule has 2 aromatic heterocycles. The van der Waals surface area contributed by atoms with Crippen LogP contribution in [0.25, 0.3) is 16.8 Å². The molecule has 4 aromatic rings. The molecule has 5 heteroatoms. The molecule has 0 bridgehead atoms. The van der Waals surface area contributed by atoms with Crippen LogP contribution in [0, 0.1) is 0 Å². The van der Waals surface area contributed by atoms with Crippen molar-refractivity contribution in [2.75, 3.05) is 0 Å². The number of imidazole rings is 1. The molecule has 0 radical (unpaired) electrons. The van der Waals surface area contributed by atoms with E-state index in [2.05, 4.69) is 27.6 Å². The minimum Gasteiger partial charge on any atom is -0.489 e. The summed E-state index contributed by atoms with van der Waals surface area (Å²) in [6.07, 6.45) is 8.60. The highest BCUT2D eigenvalue weighted by atomic mass is 35.5. The highest BCUT2D eigenvalue weighted by Crippen LogP contribution is 2.38. The second kappa shape index (κ2) is 7.88. The molecule has 0 spiro atoms. The van der Waals surface area contributed by atoms with Gasteiger partial charge in [-0.05, 0) is 30.5 Å². The van der Waals surface area contributed by atoms with Crippen LogP contribution in [-0.4, -0.2) is 14.4 Å². The SMILES string of the molecule is Clc1nccn2c(C3CCCC3)nc(-c3cccc(OCc4ccccc4)c3)c12. The molecule has 2 aromatic carbocycles. The fourth-order valence-corrected chi connectivity index (χ4v) is 4.41. The van der Waals surface area contributed by atoms with Crippen LogP contribution in [-0.2, 0) is 6.61 Å². The van der Waals surface area contributed by atoms with Gasteiger partial charge in [0.15, 0.2) is 5.15 Å². The fourth-order valence-electron chi connectivity index (χ4n) is 4.17. The molecule has 0 unspecified atom stereocenters. The zero-order chi connectivity index (χ0) is 19.6. The largest absolute Gasteiger partial charge is 0.489 e. The van der Waals surface area contributed by atoms with Gasteiger partial charge in [0.25, 0.3) is 0 Å². The minimum absolute atomic E-state index is 0.479. The Kier molecular flexibility index (Phi) is 4.94. The van der Waals surface area contributed by atoms with Gasteiger partial charge in [-0.15, -0.1) is 0 Å². The molecular weight excluding hydrogens is 382 g/mol. The van der Waals surface area contributed by atoms with Crippen LogP contribution >= 0.6 is 11.6 Å². The van der Waals surface area contributed by atoms with Crippen molar-refractivity contribution in [1.29, 1.82) is 0 Å². The van der Waals surface area contributed by atoms with Crippen LogP contribution in [0.1, 0.15) is 43.0 Å². The Labute approximate surface area is 175 Å². The third-order valence-electron chi connectivity index (χ3n) is 5.61. The Hall–Kier alpha value is -2.85. The third-order valence-corrected chi connectivity index (χ3v) is 5.89. The van der Waals surface area contributed by atoms with Gasteiger partial charge in [-0.3, -0.25) is 4.40 Å². The van der Waals surface area contributed by atoms with Gasteiger partial charge in [0.2, 0.25) is 0 Å². The second-order valence-electron chi connectivity index (χ2n) is 7.54. The smallest absolute Gasteiger partial charge is 0.155 e. The molecule has 146 valence electrons. The van der Waals surface area contributed by atoms with E-state index in [4.69, 9.17) is 21.3 Å². The first kappa shape index (κ1) is 18.2. The van der Waals surface area contributed by atoms with Gasteiger partial charge in [-0.1, -0.05) is 66.9 Å². The summed E-state index contributed by atoms with van der Waals surface area (Å²) in [6, 6.07) is 18.2. The lowest BCUT2D eigenvalue weighted by Gasteiger charge is -2.08. The molecule has 5 rings (SSSR count). The van der Waals surface area contributed by atoms with E-state index in [1.54, 1.807) is 6.20 Å². The molecular formula is C24H22ClN3O. The van der Waals surface area contributed by atoms with Gasteiger partial charge in [0.05, 0.1) is 5.69 Å². The lowest BCUT2D eigenvalue weighted by Crippen LogP contribution is -2.00. The van der Waals surface area contributed by atoms with Crippen molar-refractivity contribution in [1.82, 2.24) is 14.4 Å². The first-order valence-corrected chi connectivity index (χ1v) is 10.5. The minimum atomic E-state index is 0.479. The van der Waals surface area contributed by atoms with E-state index in [0.29, 0.717) is 17.7 Å². The monoisotopic (exact) mass is 403 g/mol. The lowest BCUT2D eigenvalue weighted by molar-refractivity contribution is 0.306. The average molecular weight is 404 g/mol. The summed E-state index contributed by atoms with van der Waals surface area (Å²) < 4.78 is 8.14. The van der Waals surface area contributed by atoms with E-state index in [-0.39, 0.29) is 0 Å². The molecule has 0 amide bonds. The van der Waals surface area contributed by atoms with Crippen LogP contribution in [0.2, 0.25) is 5.15 Å². The maximum Gasteiger partial charge on any atom is 0.155 e. The molecule has 1 fully saturated rings. The van der Waals surface area contributed by atoms with Gasteiger partial charge < -0.3 is 4.74 Å². The number of halogens is 1. The number of rotatable bonds is 5. The molecule has 1 saturated carbocycles.